The molecule has 0 N–H and O–H groups in total. The molecule has 1 fully saturated rings. The molecule has 1 saturated carbocycles. The lowest BCUT2D eigenvalue weighted by Gasteiger charge is -2.36. The van der Waals surface area contributed by atoms with Crippen LogP contribution in [0.1, 0.15) is 43.2 Å². The minimum Gasteiger partial charge on any atom is -0.238 e. The highest BCUT2D eigenvalue weighted by atomic mass is 14.9. The first-order chi connectivity index (χ1) is 24.7. The fourth-order valence-electron chi connectivity index (χ4n) is 8.34. The molecule has 3 heteroatoms. The van der Waals surface area contributed by atoms with Crippen molar-refractivity contribution in [3.63, 3.8) is 0 Å². The lowest BCUT2D eigenvalue weighted by Crippen LogP contribution is -2.27. The van der Waals surface area contributed by atoms with Gasteiger partial charge in [0.1, 0.15) is 0 Å². The molecule has 238 valence electrons. The van der Waals surface area contributed by atoms with E-state index in [1.165, 1.54) is 52.6 Å². The molecule has 1 spiro atoms. The van der Waals surface area contributed by atoms with E-state index in [1.54, 1.807) is 0 Å². The Hall–Kier alpha value is -6.11. The van der Waals surface area contributed by atoms with Crippen LogP contribution in [-0.4, -0.2) is 9.97 Å². The molecule has 0 atom stereocenters. The van der Waals surface area contributed by atoms with E-state index in [9.17, 15) is 0 Å². The monoisotopic (exact) mass is 641 g/mol. The Morgan fingerprint density at radius 1 is 0.460 bits per heavy atom. The van der Waals surface area contributed by atoms with E-state index in [-0.39, 0.29) is 5.41 Å². The van der Waals surface area contributed by atoms with Crippen molar-refractivity contribution in [3.05, 3.63) is 174 Å². The molecular formula is C47H35N3. The van der Waals surface area contributed by atoms with Gasteiger partial charge in [0.25, 0.3) is 0 Å². The summed E-state index contributed by atoms with van der Waals surface area (Å²) in [6, 6.07) is 53.3. The highest BCUT2D eigenvalue weighted by molar-refractivity contribution is 5.98. The average Bonchev–Trinajstić information content (AvgIpc) is 3.47. The Balaban J connectivity index is 1.13. The number of rotatable bonds is 5. The summed E-state index contributed by atoms with van der Waals surface area (Å²) in [5, 5.41) is 0. The fourth-order valence-corrected chi connectivity index (χ4v) is 8.34. The van der Waals surface area contributed by atoms with E-state index in [0.29, 0.717) is 5.82 Å². The first kappa shape index (κ1) is 30.0. The molecule has 0 unspecified atom stereocenters. The summed E-state index contributed by atoms with van der Waals surface area (Å²) in [4.78, 5) is 14.2. The Labute approximate surface area is 293 Å². The summed E-state index contributed by atoms with van der Waals surface area (Å²) in [5.41, 5.74) is 15.5. The first-order valence-corrected chi connectivity index (χ1v) is 17.6. The maximum atomic E-state index is 8.08. The first-order valence-electron chi connectivity index (χ1n) is 17.6. The number of benzene rings is 6. The third kappa shape index (κ3) is 5.04. The van der Waals surface area contributed by atoms with Gasteiger partial charge in [0.05, 0.1) is 18.0 Å². The van der Waals surface area contributed by atoms with Gasteiger partial charge < -0.3 is 0 Å². The number of nitrogens with zero attached hydrogens (tertiary/aromatic N) is 3. The van der Waals surface area contributed by atoms with Crippen LogP contribution in [0.3, 0.4) is 0 Å². The van der Waals surface area contributed by atoms with Crippen molar-refractivity contribution in [2.75, 3.05) is 0 Å². The molecule has 3 nitrogen and oxygen atoms in total. The van der Waals surface area contributed by atoms with Crippen molar-refractivity contribution in [2.45, 2.75) is 37.5 Å². The normalized spacial score (nSPS) is 14.1. The van der Waals surface area contributed by atoms with Gasteiger partial charge in [0, 0.05) is 22.1 Å². The fraction of sp³-hybridized carbons (Fsp3) is 0.128. The molecule has 1 heterocycles. The Morgan fingerprint density at radius 2 is 0.980 bits per heavy atom. The smallest absolute Gasteiger partial charge is 0.195 e. The molecule has 0 amide bonds. The van der Waals surface area contributed by atoms with Crippen LogP contribution in [0.15, 0.2) is 152 Å². The van der Waals surface area contributed by atoms with E-state index in [2.05, 4.69) is 126 Å². The van der Waals surface area contributed by atoms with Crippen molar-refractivity contribution >= 4 is 5.69 Å². The standard InChI is InChI=1S/C47H35N3/c1-48-41-20-12-19-40-45(41)44-38(17-11-18-39(44)47(40)29-9-4-10-30-47)34-23-27-36(28-24-34)43-31-42(49-46(50-43)37-15-7-3-8-16-37)35-25-21-33(22-26-35)32-13-5-2-6-14-32/h2-3,5-8,11-28,31H,4,9-10,29-30H2. The number of aromatic nitrogens is 2. The van der Waals surface area contributed by atoms with Crippen molar-refractivity contribution in [1.29, 1.82) is 0 Å². The molecule has 0 aliphatic heterocycles. The highest BCUT2D eigenvalue weighted by Gasteiger charge is 2.45. The van der Waals surface area contributed by atoms with Gasteiger partial charge in [0.15, 0.2) is 11.5 Å². The number of hydrogen-bond acceptors (Lipinski definition) is 2. The predicted molar refractivity (Wildman–Crippen MR) is 205 cm³/mol. The van der Waals surface area contributed by atoms with Gasteiger partial charge in [-0.15, -0.1) is 0 Å². The minimum absolute atomic E-state index is 0.00403. The molecule has 2 aliphatic carbocycles. The second kappa shape index (κ2) is 12.4. The van der Waals surface area contributed by atoms with E-state index >= 15 is 0 Å². The molecule has 50 heavy (non-hydrogen) atoms. The molecule has 9 rings (SSSR count). The zero-order chi connectivity index (χ0) is 33.5. The quantitative estimate of drug-likeness (QED) is 0.175. The number of fused-ring (bicyclic) bond motifs is 5. The maximum absolute atomic E-state index is 8.08. The predicted octanol–water partition coefficient (Wildman–Crippen LogP) is 12.6. The van der Waals surface area contributed by atoms with Gasteiger partial charge in [-0.3, -0.25) is 0 Å². The molecule has 0 radical (unpaired) electrons. The summed E-state index contributed by atoms with van der Waals surface area (Å²) < 4.78 is 0. The lowest BCUT2D eigenvalue weighted by molar-refractivity contribution is 0.353. The van der Waals surface area contributed by atoms with Gasteiger partial charge in [-0.25, -0.2) is 14.8 Å². The van der Waals surface area contributed by atoms with E-state index < -0.39 is 0 Å². The Kier molecular flexibility index (Phi) is 7.44. The minimum atomic E-state index is 0.00403. The van der Waals surface area contributed by atoms with E-state index in [0.717, 1.165) is 57.7 Å². The molecule has 0 saturated heterocycles. The summed E-state index contributed by atoms with van der Waals surface area (Å²) in [6.45, 7) is 8.08. The Morgan fingerprint density at radius 3 is 1.60 bits per heavy atom. The van der Waals surface area contributed by atoms with E-state index in [1.807, 2.05) is 30.3 Å². The van der Waals surface area contributed by atoms with Gasteiger partial charge >= 0.3 is 0 Å². The van der Waals surface area contributed by atoms with Crippen molar-refractivity contribution < 1.29 is 0 Å². The summed E-state index contributed by atoms with van der Waals surface area (Å²) >= 11 is 0. The summed E-state index contributed by atoms with van der Waals surface area (Å²) in [5.74, 6) is 0.705. The van der Waals surface area contributed by atoms with Crippen molar-refractivity contribution in [3.8, 4) is 67.3 Å². The average molecular weight is 642 g/mol. The zero-order valence-electron chi connectivity index (χ0n) is 27.8. The Bertz CT molecular complexity index is 2380. The van der Waals surface area contributed by atoms with E-state index in [4.69, 9.17) is 16.5 Å². The second-order valence-corrected chi connectivity index (χ2v) is 13.5. The summed E-state index contributed by atoms with van der Waals surface area (Å²) in [6.07, 6.45) is 6.02. The number of hydrogen-bond donors (Lipinski definition) is 0. The third-order valence-electron chi connectivity index (χ3n) is 10.8. The second-order valence-electron chi connectivity index (χ2n) is 13.5. The van der Waals surface area contributed by atoms with Gasteiger partial charge in [0.2, 0.25) is 0 Å². The van der Waals surface area contributed by atoms with Crippen molar-refractivity contribution in [2.24, 2.45) is 0 Å². The van der Waals surface area contributed by atoms with Gasteiger partial charge in [-0.1, -0.05) is 165 Å². The molecule has 2 aliphatic rings. The SMILES string of the molecule is [C-]#[N+]c1cccc2c1-c1c(-c3ccc(-c4cc(-c5ccc(-c6ccccc6)cc5)nc(-c5ccccc5)n4)cc3)cccc1C21CCCCC1. The lowest BCUT2D eigenvalue weighted by atomic mass is 9.67. The van der Waals surface area contributed by atoms with Gasteiger partial charge in [-0.05, 0) is 63.4 Å². The maximum Gasteiger partial charge on any atom is 0.195 e. The van der Waals surface area contributed by atoms with Crippen LogP contribution in [-0.2, 0) is 5.41 Å². The third-order valence-corrected chi connectivity index (χ3v) is 10.8. The van der Waals surface area contributed by atoms with Crippen molar-refractivity contribution in [1.82, 2.24) is 9.97 Å². The van der Waals surface area contributed by atoms with Gasteiger partial charge in [-0.2, -0.15) is 0 Å². The van der Waals surface area contributed by atoms with Crippen LogP contribution in [0, 0.1) is 6.57 Å². The summed E-state index contributed by atoms with van der Waals surface area (Å²) in [7, 11) is 0. The molecule has 7 aromatic rings. The molecular weight excluding hydrogens is 607 g/mol. The van der Waals surface area contributed by atoms with Crippen LogP contribution >= 0.6 is 0 Å². The molecule has 6 aromatic carbocycles. The van der Waals surface area contributed by atoms with Crippen LogP contribution < -0.4 is 0 Å². The zero-order valence-corrected chi connectivity index (χ0v) is 27.8. The molecule has 0 bridgehead atoms. The molecule has 1 aromatic heterocycles. The van der Waals surface area contributed by atoms with Crippen LogP contribution in [0.4, 0.5) is 5.69 Å². The van der Waals surface area contributed by atoms with Crippen LogP contribution in [0.25, 0.3) is 72.1 Å². The van der Waals surface area contributed by atoms with Crippen LogP contribution in [0.5, 0.6) is 0 Å². The largest absolute Gasteiger partial charge is 0.238 e. The highest BCUT2D eigenvalue weighted by Crippen LogP contribution is 2.60. The van der Waals surface area contributed by atoms with Crippen LogP contribution in [0.2, 0.25) is 0 Å². The topological polar surface area (TPSA) is 30.1 Å².